The number of ether oxygens (including phenoxy) is 1. The summed E-state index contributed by atoms with van der Waals surface area (Å²) in [6.07, 6.45) is 0.373. The monoisotopic (exact) mass is 470 g/mol. The van der Waals surface area contributed by atoms with Gasteiger partial charge in [0, 0.05) is 17.9 Å². The SMILES string of the molecule is O=C(NC1CC(C(=O)N[C@H](C(=O)O)c2ccccc2)C1)OCC1c2ccccc2-c2ccccc21. The molecule has 2 aliphatic rings. The minimum atomic E-state index is -1.11. The van der Waals surface area contributed by atoms with E-state index in [-0.39, 0.29) is 30.4 Å². The summed E-state index contributed by atoms with van der Waals surface area (Å²) in [5.74, 6) is -1.80. The molecule has 2 aliphatic carbocycles. The predicted molar refractivity (Wildman–Crippen MR) is 130 cm³/mol. The van der Waals surface area contributed by atoms with Crippen LogP contribution in [0.3, 0.4) is 0 Å². The topological polar surface area (TPSA) is 105 Å². The van der Waals surface area contributed by atoms with E-state index in [0.29, 0.717) is 18.4 Å². The molecule has 7 nitrogen and oxygen atoms in total. The molecule has 0 radical (unpaired) electrons. The number of nitrogens with one attached hydrogen (secondary N) is 2. The molecule has 1 atom stereocenters. The van der Waals surface area contributed by atoms with Crippen LogP contribution in [0.4, 0.5) is 4.79 Å². The molecule has 0 aliphatic heterocycles. The molecule has 0 bridgehead atoms. The van der Waals surface area contributed by atoms with Gasteiger partial charge in [-0.05, 0) is 40.7 Å². The second-order valence-electron chi connectivity index (χ2n) is 9.03. The summed E-state index contributed by atoms with van der Waals surface area (Å²) in [5.41, 5.74) is 5.14. The largest absolute Gasteiger partial charge is 0.479 e. The minimum Gasteiger partial charge on any atom is -0.479 e. The van der Waals surface area contributed by atoms with Gasteiger partial charge in [-0.3, -0.25) is 4.79 Å². The lowest BCUT2D eigenvalue weighted by molar-refractivity contribution is -0.143. The second-order valence-corrected chi connectivity index (χ2v) is 9.03. The molecule has 7 heteroatoms. The number of carbonyl (C=O) groups excluding carboxylic acids is 2. The lowest BCUT2D eigenvalue weighted by Gasteiger charge is -2.35. The van der Waals surface area contributed by atoms with Crippen molar-refractivity contribution in [3.63, 3.8) is 0 Å². The van der Waals surface area contributed by atoms with Crippen molar-refractivity contribution in [2.75, 3.05) is 6.61 Å². The number of hydrogen-bond acceptors (Lipinski definition) is 4. The van der Waals surface area contributed by atoms with E-state index in [9.17, 15) is 19.5 Å². The van der Waals surface area contributed by atoms with Crippen molar-refractivity contribution in [1.29, 1.82) is 0 Å². The Morgan fingerprint density at radius 3 is 2.03 bits per heavy atom. The highest BCUT2D eigenvalue weighted by Crippen LogP contribution is 2.44. The molecule has 3 aromatic rings. The lowest BCUT2D eigenvalue weighted by Crippen LogP contribution is -2.50. The number of carboxylic acid groups (broad SMARTS) is 1. The first-order chi connectivity index (χ1) is 17.0. The van der Waals surface area contributed by atoms with Crippen molar-refractivity contribution in [3.05, 3.63) is 95.6 Å². The van der Waals surface area contributed by atoms with Crippen LogP contribution in [-0.4, -0.2) is 35.7 Å². The van der Waals surface area contributed by atoms with Crippen molar-refractivity contribution in [3.8, 4) is 11.1 Å². The van der Waals surface area contributed by atoms with Gasteiger partial charge in [0.25, 0.3) is 0 Å². The number of amides is 2. The zero-order chi connectivity index (χ0) is 24.4. The summed E-state index contributed by atoms with van der Waals surface area (Å²) >= 11 is 0. The van der Waals surface area contributed by atoms with Crippen LogP contribution < -0.4 is 10.6 Å². The Morgan fingerprint density at radius 1 is 0.857 bits per heavy atom. The first-order valence-electron chi connectivity index (χ1n) is 11.7. The normalized spacial score (nSPS) is 19.0. The van der Waals surface area contributed by atoms with Crippen LogP contribution in [0.15, 0.2) is 78.9 Å². The van der Waals surface area contributed by atoms with E-state index in [1.807, 2.05) is 24.3 Å². The van der Waals surface area contributed by atoms with Gasteiger partial charge in [0.15, 0.2) is 6.04 Å². The van der Waals surface area contributed by atoms with Crippen LogP contribution >= 0.6 is 0 Å². The van der Waals surface area contributed by atoms with Gasteiger partial charge in [-0.15, -0.1) is 0 Å². The fourth-order valence-electron chi connectivity index (χ4n) is 4.95. The molecule has 3 N–H and O–H groups in total. The molecule has 0 aromatic heterocycles. The summed E-state index contributed by atoms with van der Waals surface area (Å²) in [7, 11) is 0. The Bertz CT molecular complexity index is 1210. The Morgan fingerprint density at radius 2 is 1.43 bits per heavy atom. The summed E-state index contributed by atoms with van der Waals surface area (Å²) in [6, 6.07) is 23.6. The van der Waals surface area contributed by atoms with E-state index in [2.05, 4.69) is 34.9 Å². The number of carbonyl (C=O) groups is 3. The second kappa shape index (κ2) is 9.62. The molecule has 0 spiro atoms. The highest BCUT2D eigenvalue weighted by atomic mass is 16.5. The zero-order valence-corrected chi connectivity index (χ0v) is 19.0. The van der Waals surface area contributed by atoms with E-state index < -0.39 is 18.1 Å². The smallest absolute Gasteiger partial charge is 0.407 e. The molecule has 35 heavy (non-hydrogen) atoms. The highest BCUT2D eigenvalue weighted by molar-refractivity contribution is 5.86. The van der Waals surface area contributed by atoms with Crippen LogP contribution in [0.5, 0.6) is 0 Å². The molecular weight excluding hydrogens is 444 g/mol. The van der Waals surface area contributed by atoms with Gasteiger partial charge in [-0.2, -0.15) is 0 Å². The fraction of sp³-hybridized carbons (Fsp3) is 0.250. The molecular formula is C28H26N2O5. The Kier molecular flexibility index (Phi) is 6.23. The van der Waals surface area contributed by atoms with Crippen molar-refractivity contribution in [1.82, 2.24) is 10.6 Å². The van der Waals surface area contributed by atoms with Gasteiger partial charge in [-0.1, -0.05) is 78.9 Å². The first kappa shape index (κ1) is 22.7. The van der Waals surface area contributed by atoms with Gasteiger partial charge in [0.1, 0.15) is 6.61 Å². The van der Waals surface area contributed by atoms with E-state index in [0.717, 1.165) is 11.1 Å². The Labute approximate surface area is 203 Å². The molecule has 0 unspecified atom stereocenters. The maximum absolute atomic E-state index is 12.6. The summed E-state index contributed by atoms with van der Waals surface area (Å²) in [6.45, 7) is 0.230. The Balaban J connectivity index is 1.11. The third-order valence-corrected chi connectivity index (χ3v) is 6.84. The molecule has 3 aromatic carbocycles. The average Bonchev–Trinajstić information content (AvgIpc) is 3.17. The molecule has 1 fully saturated rings. The quantitative estimate of drug-likeness (QED) is 0.479. The number of benzene rings is 3. The third-order valence-electron chi connectivity index (χ3n) is 6.84. The van der Waals surface area contributed by atoms with Crippen LogP contribution in [-0.2, 0) is 14.3 Å². The van der Waals surface area contributed by atoms with E-state index in [4.69, 9.17) is 4.74 Å². The molecule has 5 rings (SSSR count). The van der Waals surface area contributed by atoms with Crippen LogP contribution in [0.1, 0.15) is 41.5 Å². The molecule has 178 valence electrons. The molecule has 0 saturated heterocycles. The number of aliphatic carboxylic acids is 1. The summed E-state index contributed by atoms with van der Waals surface area (Å²) < 4.78 is 5.57. The summed E-state index contributed by atoms with van der Waals surface area (Å²) in [4.78, 5) is 36.6. The number of fused-ring (bicyclic) bond motifs is 3. The number of hydrogen-bond donors (Lipinski definition) is 3. The number of rotatable bonds is 7. The summed E-state index contributed by atoms with van der Waals surface area (Å²) in [5, 5.41) is 14.9. The predicted octanol–water partition coefficient (Wildman–Crippen LogP) is 4.25. The highest BCUT2D eigenvalue weighted by Gasteiger charge is 2.38. The van der Waals surface area contributed by atoms with Gasteiger partial charge in [0.05, 0.1) is 0 Å². The molecule has 1 saturated carbocycles. The standard InChI is InChI=1S/C28H26N2O5/c31-26(30-25(27(32)33)17-8-2-1-3-9-17)18-14-19(15-18)29-28(34)35-16-24-22-12-6-4-10-20(22)21-11-5-7-13-23(21)24/h1-13,18-19,24-25H,14-16H2,(H,29,34)(H,30,31)(H,32,33)/t18?,19?,25-/m0/s1. The molecule has 2 amide bonds. The maximum atomic E-state index is 12.6. The van der Waals surface area contributed by atoms with Crippen LogP contribution in [0.25, 0.3) is 11.1 Å². The van der Waals surface area contributed by atoms with Crippen molar-refractivity contribution < 1.29 is 24.2 Å². The van der Waals surface area contributed by atoms with Gasteiger partial charge >= 0.3 is 12.1 Å². The van der Waals surface area contributed by atoms with Crippen molar-refractivity contribution >= 4 is 18.0 Å². The number of alkyl carbamates (subject to hydrolysis) is 1. The third kappa shape index (κ3) is 4.62. The minimum absolute atomic E-state index is 0.0148. The van der Waals surface area contributed by atoms with Gasteiger partial charge in [-0.25, -0.2) is 9.59 Å². The zero-order valence-electron chi connectivity index (χ0n) is 19.0. The van der Waals surface area contributed by atoms with Gasteiger partial charge in [0.2, 0.25) is 5.91 Å². The lowest BCUT2D eigenvalue weighted by atomic mass is 9.79. The van der Waals surface area contributed by atoms with Crippen molar-refractivity contribution in [2.45, 2.75) is 30.8 Å². The average molecular weight is 471 g/mol. The first-order valence-corrected chi connectivity index (χ1v) is 11.7. The fourth-order valence-corrected chi connectivity index (χ4v) is 4.95. The van der Waals surface area contributed by atoms with Crippen LogP contribution in [0.2, 0.25) is 0 Å². The van der Waals surface area contributed by atoms with Crippen molar-refractivity contribution in [2.24, 2.45) is 5.92 Å². The molecule has 0 heterocycles. The Hall–Kier alpha value is -4.13. The van der Waals surface area contributed by atoms with Crippen LogP contribution in [0, 0.1) is 5.92 Å². The maximum Gasteiger partial charge on any atom is 0.407 e. The van der Waals surface area contributed by atoms with E-state index >= 15 is 0 Å². The van der Waals surface area contributed by atoms with E-state index in [1.165, 1.54) is 11.1 Å². The number of carboxylic acids is 1. The van der Waals surface area contributed by atoms with Gasteiger partial charge < -0.3 is 20.5 Å². The van der Waals surface area contributed by atoms with E-state index in [1.54, 1.807) is 30.3 Å².